The van der Waals surface area contributed by atoms with Gasteiger partial charge in [-0.05, 0) is 40.5 Å². The number of guanidine groups is 1. The fourth-order valence-corrected chi connectivity index (χ4v) is 2.49. The number of carboxylic acids is 1. The second-order valence-corrected chi connectivity index (χ2v) is 6.55. The van der Waals surface area contributed by atoms with Crippen LogP contribution in [0.3, 0.4) is 0 Å². The van der Waals surface area contributed by atoms with Crippen LogP contribution >= 0.6 is 27.5 Å². The average molecular weight is 445 g/mol. The molecule has 0 fully saturated rings. The van der Waals surface area contributed by atoms with E-state index in [1.165, 1.54) is 0 Å². The average Bonchev–Trinajstić information content (AvgIpc) is 2.47. The van der Waals surface area contributed by atoms with Crippen molar-refractivity contribution in [2.45, 2.75) is 25.6 Å². The maximum Gasteiger partial charge on any atom is 0.490 e. The summed E-state index contributed by atoms with van der Waals surface area (Å²) in [6.07, 6.45) is -5.08. The Hall–Kier alpha value is -1.81. The van der Waals surface area contributed by atoms with Gasteiger partial charge in [0.1, 0.15) is 0 Å². The number of nitrogens with zero attached hydrogens (tertiary/aromatic N) is 1. The van der Waals surface area contributed by atoms with Gasteiger partial charge in [-0.25, -0.2) is 9.79 Å². The first-order chi connectivity index (χ1) is 11.3. The van der Waals surface area contributed by atoms with Gasteiger partial charge >= 0.3 is 12.1 Å². The van der Waals surface area contributed by atoms with Gasteiger partial charge in [0.25, 0.3) is 0 Å². The molecule has 2 unspecified atom stereocenters. The Bertz CT molecular complexity index is 727. The number of aliphatic imine (C=N–C) groups is 1. The number of hydrogen-bond donors (Lipinski definition) is 3. The Labute approximate surface area is 154 Å². The number of nitrogens with one attached hydrogen (secondary N) is 1. The number of carbonyl (C=O) groups excluding carboxylic acids is 1. The number of hydrogen-bond acceptors (Lipinski definition) is 4. The number of carboxylic acid groups (broad SMARTS) is 1. The predicted octanol–water partition coefficient (Wildman–Crippen LogP) is 3.03. The predicted molar refractivity (Wildman–Crippen MR) is 89.1 cm³/mol. The second-order valence-electron chi connectivity index (χ2n) is 5.29. The van der Waals surface area contributed by atoms with Crippen molar-refractivity contribution >= 4 is 45.4 Å². The number of amides is 1. The molecule has 0 radical (unpaired) electrons. The van der Waals surface area contributed by atoms with E-state index in [4.69, 9.17) is 27.2 Å². The van der Waals surface area contributed by atoms with Crippen molar-refractivity contribution in [1.82, 2.24) is 5.32 Å². The van der Waals surface area contributed by atoms with Crippen molar-refractivity contribution in [3.63, 3.8) is 0 Å². The first-order valence-corrected chi connectivity index (χ1v) is 7.88. The SMILES string of the molecule is CC1C(=O)NC(N)=NC1(C)c1ccc(Cl)c(Br)c1.O=C(O)C(F)(F)F. The molecule has 2 atom stereocenters. The third-order valence-electron chi connectivity index (χ3n) is 3.59. The van der Waals surface area contributed by atoms with Crippen molar-refractivity contribution in [1.29, 1.82) is 0 Å². The van der Waals surface area contributed by atoms with Gasteiger partial charge in [-0.15, -0.1) is 0 Å². The molecular weight excluding hydrogens is 431 g/mol. The van der Waals surface area contributed by atoms with E-state index in [2.05, 4.69) is 26.2 Å². The van der Waals surface area contributed by atoms with Crippen LogP contribution in [0.15, 0.2) is 27.7 Å². The number of halogens is 5. The van der Waals surface area contributed by atoms with Crippen molar-refractivity contribution in [2.24, 2.45) is 16.6 Å². The Morgan fingerprint density at radius 3 is 2.44 bits per heavy atom. The molecule has 2 rings (SSSR count). The van der Waals surface area contributed by atoms with Gasteiger partial charge in [0.05, 0.1) is 16.5 Å². The van der Waals surface area contributed by atoms with Crippen LogP contribution in [0.5, 0.6) is 0 Å². The van der Waals surface area contributed by atoms with Gasteiger partial charge in [0.15, 0.2) is 5.96 Å². The fraction of sp³-hybridized carbons (Fsp3) is 0.357. The van der Waals surface area contributed by atoms with E-state index in [0.717, 1.165) is 10.0 Å². The van der Waals surface area contributed by atoms with Gasteiger partial charge in [-0.3, -0.25) is 10.1 Å². The highest BCUT2D eigenvalue weighted by Gasteiger charge is 2.41. The first-order valence-electron chi connectivity index (χ1n) is 6.71. The standard InChI is InChI=1S/C12H13BrClN3O.C2HF3O2/c1-6-10(18)16-11(15)17-12(6,2)7-3-4-9(14)8(13)5-7;3-2(4,5)1(6)7/h3-6H,1-2H3,(H3,15,16,17,18);(H,6,7). The molecule has 1 aromatic carbocycles. The van der Waals surface area contributed by atoms with Crippen LogP contribution in [0.25, 0.3) is 0 Å². The zero-order valence-electron chi connectivity index (χ0n) is 13.0. The summed E-state index contributed by atoms with van der Waals surface area (Å²) in [7, 11) is 0. The zero-order chi connectivity index (χ0) is 19.6. The Balaban J connectivity index is 0.000000381. The molecule has 138 valence electrons. The van der Waals surface area contributed by atoms with Gasteiger partial charge < -0.3 is 10.8 Å². The number of alkyl halides is 3. The highest BCUT2D eigenvalue weighted by Crippen LogP contribution is 2.38. The van der Waals surface area contributed by atoms with Crippen molar-refractivity contribution < 1.29 is 27.9 Å². The molecule has 6 nitrogen and oxygen atoms in total. The molecule has 0 aliphatic carbocycles. The van der Waals surface area contributed by atoms with Crippen LogP contribution in [0, 0.1) is 5.92 Å². The maximum atomic E-state index is 11.8. The highest BCUT2D eigenvalue weighted by atomic mass is 79.9. The van der Waals surface area contributed by atoms with Crippen LogP contribution in [-0.4, -0.2) is 29.1 Å². The molecule has 1 amide bonds. The van der Waals surface area contributed by atoms with Gasteiger partial charge in [-0.1, -0.05) is 24.6 Å². The molecule has 0 saturated heterocycles. The topological polar surface area (TPSA) is 105 Å². The molecular formula is C14H14BrClF3N3O3. The van der Waals surface area contributed by atoms with E-state index in [-0.39, 0.29) is 17.8 Å². The number of benzene rings is 1. The van der Waals surface area contributed by atoms with E-state index < -0.39 is 17.7 Å². The third kappa shape index (κ3) is 5.08. The molecule has 1 aliphatic rings. The largest absolute Gasteiger partial charge is 0.490 e. The van der Waals surface area contributed by atoms with Gasteiger partial charge in [-0.2, -0.15) is 13.2 Å². The van der Waals surface area contributed by atoms with E-state index in [9.17, 15) is 18.0 Å². The maximum absolute atomic E-state index is 11.8. The molecule has 1 heterocycles. The Morgan fingerprint density at radius 1 is 1.48 bits per heavy atom. The lowest BCUT2D eigenvalue weighted by atomic mass is 9.79. The lowest BCUT2D eigenvalue weighted by molar-refractivity contribution is -0.192. The lowest BCUT2D eigenvalue weighted by Gasteiger charge is -2.35. The van der Waals surface area contributed by atoms with Crippen LogP contribution in [0.2, 0.25) is 5.02 Å². The summed E-state index contributed by atoms with van der Waals surface area (Å²) in [4.78, 5) is 25.1. The number of carbonyl (C=O) groups is 2. The molecule has 4 N–H and O–H groups in total. The molecule has 1 aliphatic heterocycles. The molecule has 0 bridgehead atoms. The van der Waals surface area contributed by atoms with Crippen molar-refractivity contribution in [3.05, 3.63) is 33.3 Å². The number of aliphatic carboxylic acids is 1. The Kier molecular flexibility index (Phi) is 6.46. The van der Waals surface area contributed by atoms with E-state index in [0.29, 0.717) is 5.02 Å². The van der Waals surface area contributed by atoms with Crippen LogP contribution < -0.4 is 11.1 Å². The molecule has 1 aromatic rings. The smallest absolute Gasteiger partial charge is 0.475 e. The summed E-state index contributed by atoms with van der Waals surface area (Å²) in [6, 6.07) is 5.50. The molecule has 0 saturated carbocycles. The first kappa shape index (κ1) is 21.2. The van der Waals surface area contributed by atoms with Crippen molar-refractivity contribution in [2.75, 3.05) is 0 Å². The normalized spacial score (nSPS) is 23.1. The molecule has 0 aromatic heterocycles. The summed E-state index contributed by atoms with van der Waals surface area (Å²) < 4.78 is 32.5. The van der Waals surface area contributed by atoms with Crippen molar-refractivity contribution in [3.8, 4) is 0 Å². The number of rotatable bonds is 1. The molecule has 0 spiro atoms. The fourth-order valence-electron chi connectivity index (χ4n) is 1.99. The van der Waals surface area contributed by atoms with Gasteiger partial charge in [0.2, 0.25) is 5.91 Å². The summed E-state index contributed by atoms with van der Waals surface area (Å²) in [5.41, 5.74) is 5.86. The zero-order valence-corrected chi connectivity index (χ0v) is 15.3. The summed E-state index contributed by atoms with van der Waals surface area (Å²) in [6.45, 7) is 3.72. The van der Waals surface area contributed by atoms with E-state index in [1.54, 1.807) is 6.07 Å². The monoisotopic (exact) mass is 443 g/mol. The minimum Gasteiger partial charge on any atom is -0.475 e. The highest BCUT2D eigenvalue weighted by molar-refractivity contribution is 9.10. The van der Waals surface area contributed by atoms with Crippen LogP contribution in [0.1, 0.15) is 19.4 Å². The van der Waals surface area contributed by atoms with Gasteiger partial charge in [0, 0.05) is 4.47 Å². The summed E-state index contributed by atoms with van der Waals surface area (Å²) in [5, 5.41) is 10.3. The minimum atomic E-state index is -5.08. The number of nitrogens with two attached hydrogens (primary N) is 1. The second kappa shape index (κ2) is 7.61. The minimum absolute atomic E-state index is 0.129. The van der Waals surface area contributed by atoms with E-state index in [1.807, 2.05) is 26.0 Å². The molecule has 25 heavy (non-hydrogen) atoms. The van der Waals surface area contributed by atoms with E-state index >= 15 is 0 Å². The summed E-state index contributed by atoms with van der Waals surface area (Å²) in [5.74, 6) is -3.05. The van der Waals surface area contributed by atoms with Crippen LogP contribution in [-0.2, 0) is 15.1 Å². The lowest BCUT2D eigenvalue weighted by Crippen LogP contribution is -2.52. The summed E-state index contributed by atoms with van der Waals surface area (Å²) >= 11 is 9.35. The quantitative estimate of drug-likeness (QED) is 0.619. The Morgan fingerprint density at radius 2 is 2.00 bits per heavy atom. The van der Waals surface area contributed by atoms with Crippen LogP contribution in [0.4, 0.5) is 13.2 Å². The third-order valence-corrected chi connectivity index (χ3v) is 4.80. The molecule has 11 heteroatoms.